The van der Waals surface area contributed by atoms with Crippen molar-refractivity contribution >= 4 is 47.0 Å². The van der Waals surface area contributed by atoms with Gasteiger partial charge in [-0.15, -0.1) is 0 Å². The second-order valence-electron chi connectivity index (χ2n) is 14.0. The van der Waals surface area contributed by atoms with Gasteiger partial charge in [0.05, 0.1) is 0 Å². The number of allylic oxidation sites excluding steroid dienone is 2. The van der Waals surface area contributed by atoms with E-state index in [0.29, 0.717) is 11.1 Å². The van der Waals surface area contributed by atoms with E-state index in [1.165, 1.54) is 82.4 Å². The predicted octanol–water partition coefficient (Wildman–Crippen LogP) is 12.1. The zero-order valence-corrected chi connectivity index (χ0v) is 28.7. The number of hydrogen-bond acceptors (Lipinski definition) is 0. The molecule has 0 saturated carbocycles. The first kappa shape index (κ1) is 28.9. The highest BCUT2D eigenvalue weighted by Crippen LogP contribution is 2.54. The smallest absolute Gasteiger partial charge is 0.0675 e. The van der Waals surface area contributed by atoms with Crippen LogP contribution in [0.4, 0.5) is 0 Å². The summed E-state index contributed by atoms with van der Waals surface area (Å²) >= 11 is 0. The van der Waals surface area contributed by atoms with Crippen LogP contribution in [0.5, 0.6) is 0 Å². The molecule has 7 aromatic carbocycles. The average Bonchev–Trinajstić information content (AvgIpc) is 3.67. The van der Waals surface area contributed by atoms with Crippen LogP contribution in [0.3, 0.4) is 0 Å². The molecule has 9 rings (SSSR count). The van der Waals surface area contributed by atoms with Crippen LogP contribution in [-0.4, -0.2) is 8.07 Å². The van der Waals surface area contributed by atoms with Crippen molar-refractivity contribution in [2.75, 3.05) is 0 Å². The molecule has 1 heteroatoms. The fraction of sp³-hybridized carbons (Fsp3) is 0.106. The number of fused-ring (bicyclic) bond motifs is 4. The van der Waals surface area contributed by atoms with Crippen molar-refractivity contribution in [3.05, 3.63) is 185 Å². The Kier molecular flexibility index (Phi) is 6.74. The van der Waals surface area contributed by atoms with Crippen LogP contribution in [0, 0.1) is 0 Å². The normalized spacial score (nSPS) is 17.9. The van der Waals surface area contributed by atoms with Gasteiger partial charge in [-0.1, -0.05) is 187 Å². The summed E-state index contributed by atoms with van der Waals surface area (Å²) < 4.78 is 0. The molecule has 0 aliphatic heterocycles. The third-order valence-corrected chi connectivity index (χ3v) is 16.8. The molecule has 0 heterocycles. The zero-order valence-electron chi connectivity index (χ0n) is 27.7. The van der Waals surface area contributed by atoms with Crippen LogP contribution in [0.2, 0.25) is 6.55 Å². The SMILES string of the molecule is CC1=Cc2c(-c3cccc4ccccc34)cccc2C1[Si](C)(c1ccccc1)C1C(C)=Cc2c(-c3cccc4ccccc34)cccc21. The molecule has 0 saturated heterocycles. The van der Waals surface area contributed by atoms with E-state index in [4.69, 9.17) is 0 Å². The maximum absolute atomic E-state index is 2.67. The first-order chi connectivity index (χ1) is 23.5. The Morgan fingerprint density at radius 3 is 1.29 bits per heavy atom. The van der Waals surface area contributed by atoms with Crippen LogP contribution in [0.15, 0.2) is 163 Å². The monoisotopic (exact) mass is 630 g/mol. The molecule has 0 aromatic heterocycles. The molecule has 7 aromatic rings. The van der Waals surface area contributed by atoms with Crippen molar-refractivity contribution in [3.63, 3.8) is 0 Å². The van der Waals surface area contributed by atoms with E-state index in [1.807, 2.05) is 0 Å². The Morgan fingerprint density at radius 1 is 0.396 bits per heavy atom. The van der Waals surface area contributed by atoms with Gasteiger partial charge in [-0.2, -0.15) is 0 Å². The molecule has 0 nitrogen and oxygen atoms in total. The van der Waals surface area contributed by atoms with Crippen molar-refractivity contribution in [1.29, 1.82) is 0 Å². The van der Waals surface area contributed by atoms with Crippen molar-refractivity contribution < 1.29 is 0 Å². The molecule has 2 atom stereocenters. The minimum Gasteiger partial charge on any atom is -0.0675 e. The summed E-state index contributed by atoms with van der Waals surface area (Å²) in [6.07, 6.45) is 5.04. The molecule has 230 valence electrons. The summed E-state index contributed by atoms with van der Waals surface area (Å²) in [5, 5.41) is 6.73. The van der Waals surface area contributed by atoms with Crippen LogP contribution in [0.1, 0.15) is 47.2 Å². The standard InChI is InChI=1S/C47H38Si/c1-31-29-44-40(38-23-11-17-33-15-7-9-21-36(33)38)25-13-27-42(44)46(31)48(3,35-19-5-4-6-20-35)47-32(2)30-45-41(26-14-28-43(45)47)39-24-12-18-34-16-8-10-22-37(34)39/h4-30,46-47H,1-3H3. The van der Waals surface area contributed by atoms with Crippen molar-refractivity contribution in [2.45, 2.75) is 31.5 Å². The van der Waals surface area contributed by atoms with E-state index in [2.05, 4.69) is 184 Å². The zero-order chi connectivity index (χ0) is 32.4. The summed E-state index contributed by atoms with van der Waals surface area (Å²) in [7, 11) is -2.38. The van der Waals surface area contributed by atoms with Crippen LogP contribution in [-0.2, 0) is 0 Å². The van der Waals surface area contributed by atoms with Crippen LogP contribution < -0.4 is 5.19 Å². The van der Waals surface area contributed by atoms with Gasteiger partial charge < -0.3 is 0 Å². The van der Waals surface area contributed by atoms with E-state index >= 15 is 0 Å². The summed E-state index contributed by atoms with van der Waals surface area (Å²) in [6, 6.07) is 56.7. The highest BCUT2D eigenvalue weighted by molar-refractivity contribution is 6.94. The fourth-order valence-electron chi connectivity index (χ4n) is 9.38. The van der Waals surface area contributed by atoms with Gasteiger partial charge in [0.1, 0.15) is 8.07 Å². The minimum atomic E-state index is -2.38. The second kappa shape index (κ2) is 11.2. The van der Waals surface area contributed by atoms with Crippen LogP contribution >= 0.6 is 0 Å². The topological polar surface area (TPSA) is 0 Å². The summed E-state index contributed by atoms with van der Waals surface area (Å²) in [6.45, 7) is 7.46. The number of rotatable bonds is 5. The van der Waals surface area contributed by atoms with Gasteiger partial charge in [0.15, 0.2) is 0 Å². The lowest BCUT2D eigenvalue weighted by atomic mass is 9.93. The lowest BCUT2D eigenvalue weighted by molar-refractivity contribution is 0.980. The summed E-state index contributed by atoms with van der Waals surface area (Å²) in [5.74, 6) is 0. The highest BCUT2D eigenvalue weighted by atomic mass is 28.3. The van der Waals surface area contributed by atoms with Crippen molar-refractivity contribution in [3.8, 4) is 22.3 Å². The molecule has 0 amide bonds. The second-order valence-corrected chi connectivity index (χ2v) is 18.3. The van der Waals surface area contributed by atoms with E-state index in [0.717, 1.165) is 0 Å². The molecule has 0 bridgehead atoms. The highest BCUT2D eigenvalue weighted by Gasteiger charge is 2.51. The Labute approximate surface area is 284 Å². The molecule has 2 unspecified atom stereocenters. The van der Waals surface area contributed by atoms with Gasteiger partial charge in [0.25, 0.3) is 0 Å². The molecule has 0 fully saturated rings. The van der Waals surface area contributed by atoms with Gasteiger partial charge >= 0.3 is 0 Å². The van der Waals surface area contributed by atoms with Crippen molar-refractivity contribution in [1.82, 2.24) is 0 Å². The molecule has 0 N–H and O–H groups in total. The summed E-state index contributed by atoms with van der Waals surface area (Å²) in [4.78, 5) is 0. The van der Waals surface area contributed by atoms with E-state index < -0.39 is 8.07 Å². The number of hydrogen-bond donors (Lipinski definition) is 0. The first-order valence-electron chi connectivity index (χ1n) is 17.2. The Bertz CT molecular complexity index is 2280. The first-order valence-corrected chi connectivity index (χ1v) is 19.8. The van der Waals surface area contributed by atoms with E-state index in [1.54, 1.807) is 0 Å². The fourth-order valence-corrected chi connectivity index (χ4v) is 15.1. The molecular weight excluding hydrogens is 593 g/mol. The largest absolute Gasteiger partial charge is 0.106 e. The predicted molar refractivity (Wildman–Crippen MR) is 209 cm³/mol. The minimum absolute atomic E-state index is 0.352. The molecule has 48 heavy (non-hydrogen) atoms. The third-order valence-electron chi connectivity index (χ3n) is 11.3. The molecule has 2 aliphatic carbocycles. The van der Waals surface area contributed by atoms with Gasteiger partial charge in [-0.25, -0.2) is 0 Å². The average molecular weight is 631 g/mol. The third kappa shape index (κ3) is 4.27. The molecular formula is C47H38Si. The van der Waals surface area contributed by atoms with Gasteiger partial charge in [-0.05, 0) is 79.9 Å². The lowest BCUT2D eigenvalue weighted by Crippen LogP contribution is -2.55. The number of benzene rings is 7. The van der Waals surface area contributed by atoms with Crippen LogP contribution in [0.25, 0.3) is 56.0 Å². The molecule has 0 radical (unpaired) electrons. The van der Waals surface area contributed by atoms with Gasteiger partial charge in [0, 0.05) is 11.1 Å². The van der Waals surface area contributed by atoms with Crippen molar-refractivity contribution in [2.24, 2.45) is 0 Å². The maximum atomic E-state index is 2.67. The van der Waals surface area contributed by atoms with E-state index in [9.17, 15) is 0 Å². The Hall–Kier alpha value is -5.24. The van der Waals surface area contributed by atoms with E-state index in [-0.39, 0.29) is 0 Å². The molecule has 2 aliphatic rings. The summed E-state index contributed by atoms with van der Waals surface area (Å²) in [5.41, 5.74) is 14.8. The lowest BCUT2D eigenvalue weighted by Gasteiger charge is -2.42. The van der Waals surface area contributed by atoms with Gasteiger partial charge in [0.2, 0.25) is 0 Å². The Balaban J connectivity index is 1.25. The Morgan fingerprint density at radius 2 is 0.792 bits per heavy atom. The van der Waals surface area contributed by atoms with Gasteiger partial charge in [-0.3, -0.25) is 0 Å². The quantitative estimate of drug-likeness (QED) is 0.166. The molecule has 0 spiro atoms. The maximum Gasteiger partial charge on any atom is 0.106 e.